The number of nitrogen functional groups attached to an aromatic ring is 1. The monoisotopic (exact) mass is 324 g/mol. The lowest BCUT2D eigenvalue weighted by Gasteiger charge is -2.12. The van der Waals surface area contributed by atoms with Gasteiger partial charge in [0.25, 0.3) is 0 Å². The summed E-state index contributed by atoms with van der Waals surface area (Å²) in [5.74, 6) is 0.573. The van der Waals surface area contributed by atoms with Gasteiger partial charge in [-0.25, -0.2) is 0 Å². The van der Waals surface area contributed by atoms with Crippen LogP contribution in [0.2, 0.25) is 0 Å². The highest BCUT2D eigenvalue weighted by molar-refractivity contribution is 7.19. The summed E-state index contributed by atoms with van der Waals surface area (Å²) in [6.45, 7) is 6.20. The number of nitrogens with one attached hydrogen (secondary N) is 1. The molecule has 0 bridgehead atoms. The smallest absolute Gasteiger partial charge is 0.177 e. The van der Waals surface area contributed by atoms with Crippen molar-refractivity contribution in [3.63, 3.8) is 0 Å². The standard InChI is InChI=1S/C15H20N2O2S2/c1-9(2)19-13-12(16)14(10(3)18)21-15(13)17-7-6-11-5-4-8-20-11/h4-5,8-9,17H,6-7,16H2,1-3H3. The molecule has 0 unspecified atom stereocenters. The molecule has 0 amide bonds. The van der Waals surface area contributed by atoms with Gasteiger partial charge in [-0.15, -0.1) is 22.7 Å². The fraction of sp³-hybridized carbons (Fsp3) is 0.400. The van der Waals surface area contributed by atoms with E-state index in [1.807, 2.05) is 19.9 Å². The van der Waals surface area contributed by atoms with Gasteiger partial charge in [-0.3, -0.25) is 4.79 Å². The molecule has 2 rings (SSSR count). The van der Waals surface area contributed by atoms with Gasteiger partial charge >= 0.3 is 0 Å². The predicted octanol–water partition coefficient (Wildman–Crippen LogP) is 4.04. The lowest BCUT2D eigenvalue weighted by Crippen LogP contribution is -2.10. The second kappa shape index (κ2) is 6.95. The molecule has 0 spiro atoms. The lowest BCUT2D eigenvalue weighted by atomic mass is 10.3. The van der Waals surface area contributed by atoms with Crippen molar-refractivity contribution in [1.29, 1.82) is 0 Å². The molecule has 0 aromatic carbocycles. The van der Waals surface area contributed by atoms with Gasteiger partial charge in [0.15, 0.2) is 11.5 Å². The summed E-state index contributed by atoms with van der Waals surface area (Å²) < 4.78 is 5.77. The summed E-state index contributed by atoms with van der Waals surface area (Å²) in [6.07, 6.45) is 0.950. The number of rotatable bonds is 7. The third-order valence-electron chi connectivity index (χ3n) is 2.81. The zero-order valence-corrected chi connectivity index (χ0v) is 14.1. The topological polar surface area (TPSA) is 64.3 Å². The molecule has 2 aromatic rings. The molecule has 0 aliphatic rings. The van der Waals surface area contributed by atoms with E-state index in [9.17, 15) is 4.79 Å². The Balaban J connectivity index is 2.12. The second-order valence-electron chi connectivity index (χ2n) is 4.98. The van der Waals surface area contributed by atoms with Crippen LogP contribution < -0.4 is 15.8 Å². The fourth-order valence-corrected chi connectivity index (χ4v) is 3.60. The van der Waals surface area contributed by atoms with Crippen LogP contribution >= 0.6 is 22.7 Å². The van der Waals surface area contributed by atoms with Crippen molar-refractivity contribution in [3.05, 3.63) is 27.3 Å². The van der Waals surface area contributed by atoms with Crippen molar-refractivity contribution < 1.29 is 9.53 Å². The van der Waals surface area contributed by atoms with Crippen molar-refractivity contribution in [2.24, 2.45) is 0 Å². The first-order valence-electron chi connectivity index (χ1n) is 6.85. The van der Waals surface area contributed by atoms with E-state index in [0.717, 1.165) is 18.0 Å². The number of Topliss-reactive ketones (excluding diaryl/α,β-unsaturated/α-hetero) is 1. The maximum atomic E-state index is 11.6. The Morgan fingerprint density at radius 3 is 2.81 bits per heavy atom. The first-order valence-corrected chi connectivity index (χ1v) is 8.54. The van der Waals surface area contributed by atoms with Crippen LogP contribution in [0.1, 0.15) is 35.3 Å². The molecule has 0 atom stereocenters. The minimum absolute atomic E-state index is 0.0135. The molecule has 21 heavy (non-hydrogen) atoms. The van der Waals surface area contributed by atoms with Crippen LogP contribution in [-0.2, 0) is 6.42 Å². The molecule has 0 radical (unpaired) electrons. The van der Waals surface area contributed by atoms with Crippen molar-refractivity contribution in [2.45, 2.75) is 33.3 Å². The minimum Gasteiger partial charge on any atom is -0.486 e. The van der Waals surface area contributed by atoms with Crippen molar-refractivity contribution in [2.75, 3.05) is 17.6 Å². The van der Waals surface area contributed by atoms with E-state index in [-0.39, 0.29) is 11.9 Å². The highest BCUT2D eigenvalue weighted by atomic mass is 32.1. The maximum absolute atomic E-state index is 11.6. The molecule has 2 aromatic heterocycles. The first kappa shape index (κ1) is 15.9. The third kappa shape index (κ3) is 3.98. The zero-order chi connectivity index (χ0) is 15.4. The number of hydrogen-bond donors (Lipinski definition) is 2. The average molecular weight is 324 g/mol. The largest absolute Gasteiger partial charge is 0.486 e. The van der Waals surface area contributed by atoms with Crippen molar-refractivity contribution in [3.8, 4) is 5.75 Å². The van der Waals surface area contributed by atoms with Crippen molar-refractivity contribution in [1.82, 2.24) is 0 Å². The molecule has 3 N–H and O–H groups in total. The van der Waals surface area contributed by atoms with E-state index >= 15 is 0 Å². The van der Waals surface area contributed by atoms with E-state index in [0.29, 0.717) is 16.3 Å². The molecule has 0 saturated heterocycles. The first-order chi connectivity index (χ1) is 9.99. The fourth-order valence-electron chi connectivity index (χ4n) is 1.91. The summed E-state index contributed by atoms with van der Waals surface area (Å²) in [5.41, 5.74) is 6.49. The molecule has 0 aliphatic heterocycles. The Morgan fingerprint density at radius 2 is 2.24 bits per heavy atom. The van der Waals surface area contributed by atoms with E-state index in [4.69, 9.17) is 10.5 Å². The molecule has 0 aliphatic carbocycles. The Bertz CT molecular complexity index is 603. The van der Waals surface area contributed by atoms with Gasteiger partial charge in [-0.2, -0.15) is 0 Å². The second-order valence-corrected chi connectivity index (χ2v) is 7.03. The number of hydrogen-bond acceptors (Lipinski definition) is 6. The Labute approximate surface area is 132 Å². The van der Waals surface area contributed by atoms with Crippen LogP contribution in [0.25, 0.3) is 0 Å². The zero-order valence-electron chi connectivity index (χ0n) is 12.4. The van der Waals surface area contributed by atoms with Crippen LogP contribution in [0.15, 0.2) is 17.5 Å². The number of thiophene rings is 2. The molecule has 6 heteroatoms. The summed E-state index contributed by atoms with van der Waals surface area (Å²) >= 11 is 3.11. The van der Waals surface area contributed by atoms with Gasteiger partial charge in [0.05, 0.1) is 16.7 Å². The summed E-state index contributed by atoms with van der Waals surface area (Å²) in [7, 11) is 0. The molecular weight excluding hydrogens is 304 g/mol. The van der Waals surface area contributed by atoms with Gasteiger partial charge in [0, 0.05) is 18.3 Å². The van der Waals surface area contributed by atoms with E-state index in [2.05, 4.69) is 16.8 Å². The van der Waals surface area contributed by atoms with Crippen LogP contribution in [-0.4, -0.2) is 18.4 Å². The van der Waals surface area contributed by atoms with Crippen molar-refractivity contribution >= 4 is 39.1 Å². The molecule has 114 valence electrons. The van der Waals surface area contributed by atoms with Gasteiger partial charge in [0.1, 0.15) is 5.00 Å². The van der Waals surface area contributed by atoms with Crippen LogP contribution in [0.4, 0.5) is 10.7 Å². The van der Waals surface area contributed by atoms with E-state index in [1.165, 1.54) is 23.1 Å². The number of ether oxygens (including phenoxy) is 1. The van der Waals surface area contributed by atoms with E-state index in [1.54, 1.807) is 11.3 Å². The van der Waals surface area contributed by atoms with Gasteiger partial charge in [-0.05, 0) is 31.7 Å². The van der Waals surface area contributed by atoms with Crippen LogP contribution in [0, 0.1) is 0 Å². The highest BCUT2D eigenvalue weighted by Gasteiger charge is 2.20. The highest BCUT2D eigenvalue weighted by Crippen LogP contribution is 2.43. The number of ketones is 1. The van der Waals surface area contributed by atoms with Gasteiger partial charge in [0.2, 0.25) is 0 Å². The molecule has 4 nitrogen and oxygen atoms in total. The molecule has 2 heterocycles. The summed E-state index contributed by atoms with van der Waals surface area (Å²) in [6, 6.07) is 4.16. The molecule has 0 saturated carbocycles. The summed E-state index contributed by atoms with van der Waals surface area (Å²) in [5, 5.41) is 6.25. The Kier molecular flexibility index (Phi) is 5.25. The number of anilines is 2. The third-order valence-corrected chi connectivity index (χ3v) is 4.99. The summed E-state index contributed by atoms with van der Waals surface area (Å²) in [4.78, 5) is 13.5. The lowest BCUT2D eigenvalue weighted by molar-refractivity contribution is 0.102. The van der Waals surface area contributed by atoms with E-state index < -0.39 is 0 Å². The normalized spacial score (nSPS) is 10.9. The number of nitrogens with two attached hydrogens (primary N) is 1. The Morgan fingerprint density at radius 1 is 1.48 bits per heavy atom. The maximum Gasteiger partial charge on any atom is 0.177 e. The molecule has 0 fully saturated rings. The van der Waals surface area contributed by atoms with Crippen LogP contribution in [0.3, 0.4) is 0 Å². The Hall–Kier alpha value is -1.53. The quantitative estimate of drug-likeness (QED) is 0.755. The van der Waals surface area contributed by atoms with Gasteiger partial charge < -0.3 is 15.8 Å². The SMILES string of the molecule is CC(=O)c1sc(NCCc2cccs2)c(OC(C)C)c1N. The number of carbonyl (C=O) groups excluding carboxylic acids is 1. The van der Waals surface area contributed by atoms with Gasteiger partial charge in [-0.1, -0.05) is 6.07 Å². The minimum atomic E-state index is -0.0302. The molecular formula is C15H20N2O2S2. The van der Waals surface area contributed by atoms with Crippen LogP contribution in [0.5, 0.6) is 5.75 Å². The average Bonchev–Trinajstić information content (AvgIpc) is 3.01. The number of carbonyl (C=O) groups is 1. The predicted molar refractivity (Wildman–Crippen MR) is 91.0 cm³/mol.